The molecule has 6 N–H and O–H groups in total. The second-order valence-electron chi connectivity index (χ2n) is 7.99. The number of urea groups is 1. The van der Waals surface area contributed by atoms with Crippen molar-refractivity contribution in [3.8, 4) is 0 Å². The molecule has 2 rings (SSSR count). The van der Waals surface area contributed by atoms with Crippen LogP contribution < -0.4 is 17.3 Å². The Balaban J connectivity index is 2.09. The third-order valence-electron chi connectivity index (χ3n) is 4.20. The van der Waals surface area contributed by atoms with Crippen LogP contribution in [-0.2, 0) is 0 Å². The van der Waals surface area contributed by atoms with E-state index in [0.29, 0.717) is 32.7 Å². The van der Waals surface area contributed by atoms with Crippen LogP contribution in [0.5, 0.6) is 0 Å². The highest BCUT2D eigenvalue weighted by Gasteiger charge is 2.24. The molecule has 1 aromatic rings. The molecule has 0 saturated carbocycles. The number of aromatic nitrogens is 1. The molecule has 1 fully saturated rings. The molecular weight excluding hydrogens is 365 g/mol. The highest BCUT2D eigenvalue weighted by atomic mass is 19.1. The SMILES string of the molecule is CC(C)(C)CN(N)/C=C(\N)c1ncc(C(=O)N2CCN(C(N)=O)CC2)cc1F. The van der Waals surface area contributed by atoms with Crippen LogP contribution in [0.2, 0.25) is 0 Å². The summed E-state index contributed by atoms with van der Waals surface area (Å²) < 4.78 is 14.5. The van der Waals surface area contributed by atoms with Crippen molar-refractivity contribution in [2.75, 3.05) is 32.7 Å². The minimum Gasteiger partial charge on any atom is -0.396 e. The predicted octanol–water partition coefficient (Wildman–Crippen LogP) is 0.536. The third kappa shape index (κ3) is 5.56. The molecule has 154 valence electrons. The van der Waals surface area contributed by atoms with Gasteiger partial charge in [-0.3, -0.25) is 9.78 Å². The Morgan fingerprint density at radius 3 is 2.29 bits per heavy atom. The summed E-state index contributed by atoms with van der Waals surface area (Å²) in [4.78, 5) is 30.7. The van der Waals surface area contributed by atoms with Gasteiger partial charge in [-0.2, -0.15) is 0 Å². The molecule has 2 heterocycles. The molecule has 28 heavy (non-hydrogen) atoms. The number of hydrazine groups is 1. The average Bonchev–Trinajstić information content (AvgIpc) is 2.59. The summed E-state index contributed by atoms with van der Waals surface area (Å²) in [7, 11) is 0. The van der Waals surface area contributed by atoms with Crippen LogP contribution in [0.1, 0.15) is 36.8 Å². The zero-order valence-electron chi connectivity index (χ0n) is 16.5. The van der Waals surface area contributed by atoms with Gasteiger partial charge in [-0.1, -0.05) is 20.8 Å². The number of hydrogen-bond donors (Lipinski definition) is 3. The zero-order chi connectivity index (χ0) is 21.1. The first-order valence-electron chi connectivity index (χ1n) is 8.96. The normalized spacial score (nSPS) is 15.5. The first kappa shape index (κ1) is 21.4. The lowest BCUT2D eigenvalue weighted by Crippen LogP contribution is -2.52. The molecule has 0 aliphatic carbocycles. The second-order valence-corrected chi connectivity index (χ2v) is 7.99. The maximum Gasteiger partial charge on any atom is 0.314 e. The molecular formula is C18H28FN7O2. The van der Waals surface area contributed by atoms with Gasteiger partial charge in [-0.15, -0.1) is 0 Å². The molecule has 0 spiro atoms. The van der Waals surface area contributed by atoms with Crippen LogP contribution in [0, 0.1) is 11.2 Å². The third-order valence-corrected chi connectivity index (χ3v) is 4.20. The molecule has 9 nitrogen and oxygen atoms in total. The number of halogens is 1. The van der Waals surface area contributed by atoms with Gasteiger partial charge in [0.25, 0.3) is 5.91 Å². The molecule has 1 aliphatic heterocycles. The fourth-order valence-electron chi connectivity index (χ4n) is 2.91. The highest BCUT2D eigenvalue weighted by molar-refractivity contribution is 5.94. The van der Waals surface area contributed by atoms with Gasteiger partial charge < -0.3 is 26.3 Å². The van der Waals surface area contributed by atoms with E-state index in [1.165, 1.54) is 27.2 Å². The number of amides is 3. The van der Waals surface area contributed by atoms with Crippen LogP contribution in [0.4, 0.5) is 9.18 Å². The number of carbonyl (C=O) groups excluding carboxylic acids is 2. The van der Waals surface area contributed by atoms with Crippen molar-refractivity contribution in [2.45, 2.75) is 20.8 Å². The average molecular weight is 393 g/mol. The summed E-state index contributed by atoms with van der Waals surface area (Å²) in [5.74, 6) is 4.81. The topological polar surface area (TPSA) is 135 Å². The minimum absolute atomic E-state index is 0.0632. The van der Waals surface area contributed by atoms with Crippen molar-refractivity contribution >= 4 is 17.6 Å². The predicted molar refractivity (Wildman–Crippen MR) is 104 cm³/mol. The number of nitrogens with two attached hydrogens (primary N) is 3. The van der Waals surface area contributed by atoms with Crippen molar-refractivity contribution in [3.05, 3.63) is 35.5 Å². The van der Waals surface area contributed by atoms with E-state index in [-0.39, 0.29) is 28.3 Å². The molecule has 0 atom stereocenters. The van der Waals surface area contributed by atoms with Crippen LogP contribution in [-0.4, -0.2) is 64.5 Å². The second kappa shape index (κ2) is 8.42. The maximum absolute atomic E-state index is 14.5. The first-order valence-corrected chi connectivity index (χ1v) is 8.96. The lowest BCUT2D eigenvalue weighted by molar-refractivity contribution is 0.0668. The molecule has 1 aromatic heterocycles. The monoisotopic (exact) mass is 393 g/mol. The molecule has 0 bridgehead atoms. The summed E-state index contributed by atoms with van der Waals surface area (Å²) in [6.07, 6.45) is 2.70. The molecule has 0 radical (unpaired) electrons. The van der Waals surface area contributed by atoms with E-state index in [9.17, 15) is 14.0 Å². The Morgan fingerprint density at radius 2 is 1.79 bits per heavy atom. The Bertz CT molecular complexity index is 768. The zero-order valence-corrected chi connectivity index (χ0v) is 16.5. The van der Waals surface area contributed by atoms with E-state index in [1.807, 2.05) is 20.8 Å². The van der Waals surface area contributed by atoms with Crippen molar-refractivity contribution in [2.24, 2.45) is 22.7 Å². The smallest absolute Gasteiger partial charge is 0.314 e. The van der Waals surface area contributed by atoms with Crippen molar-refractivity contribution in [1.82, 2.24) is 19.8 Å². The van der Waals surface area contributed by atoms with Crippen LogP contribution in [0.25, 0.3) is 5.70 Å². The molecule has 0 aromatic carbocycles. The molecule has 1 saturated heterocycles. The summed E-state index contributed by atoms with van der Waals surface area (Å²) in [6, 6.07) is 0.586. The van der Waals surface area contributed by atoms with Gasteiger partial charge in [0.2, 0.25) is 0 Å². The van der Waals surface area contributed by atoms with Crippen molar-refractivity contribution < 1.29 is 14.0 Å². The Hall–Kier alpha value is -2.88. The number of primary amides is 1. The number of pyridine rings is 1. The number of rotatable bonds is 4. The van der Waals surface area contributed by atoms with Gasteiger partial charge >= 0.3 is 6.03 Å². The molecule has 10 heteroatoms. The van der Waals surface area contributed by atoms with Gasteiger partial charge in [-0.05, 0) is 11.5 Å². The number of carbonyl (C=O) groups is 2. The van der Waals surface area contributed by atoms with Crippen LogP contribution in [0.15, 0.2) is 18.5 Å². The number of hydrogen-bond acceptors (Lipinski definition) is 6. The molecule has 0 unspecified atom stereocenters. The van der Waals surface area contributed by atoms with Crippen molar-refractivity contribution in [3.63, 3.8) is 0 Å². The highest BCUT2D eigenvalue weighted by Crippen LogP contribution is 2.17. The van der Waals surface area contributed by atoms with Crippen LogP contribution in [0.3, 0.4) is 0 Å². The van der Waals surface area contributed by atoms with E-state index < -0.39 is 11.8 Å². The number of nitrogens with zero attached hydrogens (tertiary/aromatic N) is 4. The number of piperazine rings is 1. The Kier molecular flexibility index (Phi) is 6.45. The summed E-state index contributed by atoms with van der Waals surface area (Å²) >= 11 is 0. The Morgan fingerprint density at radius 1 is 1.21 bits per heavy atom. The van der Waals surface area contributed by atoms with E-state index in [4.69, 9.17) is 17.3 Å². The summed E-state index contributed by atoms with van der Waals surface area (Å²) in [5, 5.41) is 1.38. The van der Waals surface area contributed by atoms with Crippen LogP contribution >= 0.6 is 0 Å². The maximum atomic E-state index is 14.5. The largest absolute Gasteiger partial charge is 0.396 e. The lowest BCUT2D eigenvalue weighted by Gasteiger charge is -2.33. The standard InChI is InChI=1S/C18H28FN7O2/c1-18(2,3)11-26(22)10-14(20)15-13(19)8-12(9-23-15)16(27)24-4-6-25(7-5-24)17(21)28/h8-10H,4-7,11,20,22H2,1-3H3,(H2,21,28)/b14-10-. The van der Waals surface area contributed by atoms with E-state index in [1.54, 1.807) is 0 Å². The quantitative estimate of drug-likeness (QED) is 0.505. The summed E-state index contributed by atoms with van der Waals surface area (Å²) in [5.41, 5.74) is 11.2. The fourth-order valence-corrected chi connectivity index (χ4v) is 2.91. The summed E-state index contributed by atoms with van der Waals surface area (Å²) in [6.45, 7) is 7.88. The molecule has 1 aliphatic rings. The lowest BCUT2D eigenvalue weighted by atomic mass is 9.97. The minimum atomic E-state index is -0.709. The van der Waals surface area contributed by atoms with Gasteiger partial charge in [0, 0.05) is 45.1 Å². The van der Waals surface area contributed by atoms with Gasteiger partial charge in [0.1, 0.15) is 5.69 Å². The van der Waals surface area contributed by atoms with E-state index in [2.05, 4.69) is 4.98 Å². The van der Waals surface area contributed by atoms with Gasteiger partial charge in [0.15, 0.2) is 5.82 Å². The first-order chi connectivity index (χ1) is 13.0. The van der Waals surface area contributed by atoms with E-state index >= 15 is 0 Å². The van der Waals surface area contributed by atoms with Gasteiger partial charge in [-0.25, -0.2) is 15.0 Å². The Labute approximate surface area is 163 Å². The molecule has 3 amide bonds. The fraction of sp³-hybridized carbons (Fsp3) is 0.500. The van der Waals surface area contributed by atoms with E-state index in [0.717, 1.165) is 6.07 Å². The van der Waals surface area contributed by atoms with Gasteiger partial charge in [0.05, 0.1) is 11.3 Å². The van der Waals surface area contributed by atoms with Crippen molar-refractivity contribution in [1.29, 1.82) is 0 Å².